The van der Waals surface area contributed by atoms with Gasteiger partial charge in [-0.05, 0) is 61.3 Å². The fourth-order valence-corrected chi connectivity index (χ4v) is 3.57. The molecule has 1 fully saturated rings. The Balaban J connectivity index is 1.52. The quantitative estimate of drug-likeness (QED) is 0.756. The smallest absolute Gasteiger partial charge is 0.238 e. The summed E-state index contributed by atoms with van der Waals surface area (Å²) in [6, 6.07) is 16.7. The van der Waals surface area contributed by atoms with Gasteiger partial charge in [-0.25, -0.2) is 0 Å². The van der Waals surface area contributed by atoms with Crippen molar-refractivity contribution in [3.63, 3.8) is 0 Å². The van der Waals surface area contributed by atoms with Crippen LogP contribution in [0.5, 0.6) is 0 Å². The second-order valence-electron chi connectivity index (χ2n) is 7.65. The van der Waals surface area contributed by atoms with Crippen LogP contribution in [0.3, 0.4) is 0 Å². The number of benzene rings is 2. The summed E-state index contributed by atoms with van der Waals surface area (Å²) in [5.74, 6) is 0.0284. The van der Waals surface area contributed by atoms with E-state index in [4.69, 9.17) is 0 Å². The molecule has 150 valence electrons. The third-order valence-corrected chi connectivity index (χ3v) is 5.30. The molecule has 28 heavy (non-hydrogen) atoms. The Morgan fingerprint density at radius 2 is 1.64 bits per heavy atom. The van der Waals surface area contributed by atoms with E-state index in [1.165, 1.54) is 29.8 Å². The molecule has 1 heterocycles. The van der Waals surface area contributed by atoms with Crippen molar-refractivity contribution >= 4 is 23.0 Å². The molecule has 3 rings (SSSR count). The third-order valence-electron chi connectivity index (χ3n) is 5.30. The molecule has 0 saturated carbocycles. The number of nitrogens with one attached hydrogen (secondary N) is 1. The first-order valence-corrected chi connectivity index (χ1v) is 10.2. The van der Waals surface area contributed by atoms with E-state index in [0.29, 0.717) is 6.54 Å². The predicted molar refractivity (Wildman–Crippen MR) is 118 cm³/mol. The van der Waals surface area contributed by atoms with Crippen LogP contribution in [0.1, 0.15) is 25.3 Å². The van der Waals surface area contributed by atoms with Crippen LogP contribution in [-0.2, 0) is 11.3 Å². The Bertz CT molecular complexity index is 749. The first-order chi connectivity index (χ1) is 13.5. The molecular weight excluding hydrogens is 348 g/mol. The van der Waals surface area contributed by atoms with E-state index in [9.17, 15) is 4.79 Å². The van der Waals surface area contributed by atoms with Gasteiger partial charge in [-0.2, -0.15) is 0 Å². The molecule has 0 spiro atoms. The summed E-state index contributed by atoms with van der Waals surface area (Å²) in [4.78, 5) is 19.1. The lowest BCUT2D eigenvalue weighted by Crippen LogP contribution is -2.32. The van der Waals surface area contributed by atoms with Crippen molar-refractivity contribution < 1.29 is 4.79 Å². The van der Waals surface area contributed by atoms with Gasteiger partial charge in [0.05, 0.1) is 6.54 Å². The lowest BCUT2D eigenvalue weighted by molar-refractivity contribution is -0.117. The zero-order valence-corrected chi connectivity index (χ0v) is 17.3. The fourth-order valence-electron chi connectivity index (χ4n) is 3.57. The number of likely N-dealkylation sites (N-methyl/N-ethyl adjacent to an activating group) is 1. The van der Waals surface area contributed by atoms with Gasteiger partial charge >= 0.3 is 0 Å². The maximum Gasteiger partial charge on any atom is 0.238 e. The fraction of sp³-hybridized carbons (Fsp3) is 0.435. The standard InChI is InChI=1S/C23H32N4O/c1-4-26(17-19-7-11-21(12-8-19)25(2)3)18-23(28)24-20-9-13-22(14-10-20)27-15-5-6-16-27/h7-14H,4-6,15-18H2,1-3H3,(H,24,28). The summed E-state index contributed by atoms with van der Waals surface area (Å²) in [5, 5.41) is 3.03. The van der Waals surface area contributed by atoms with Crippen molar-refractivity contribution in [2.75, 3.05) is 55.4 Å². The van der Waals surface area contributed by atoms with Crippen LogP contribution >= 0.6 is 0 Å². The van der Waals surface area contributed by atoms with E-state index in [1.54, 1.807) is 0 Å². The Labute approximate surface area is 168 Å². The number of rotatable bonds is 8. The molecule has 1 amide bonds. The van der Waals surface area contributed by atoms with Crippen LogP contribution in [-0.4, -0.2) is 51.1 Å². The van der Waals surface area contributed by atoms with Crippen LogP contribution in [0.15, 0.2) is 48.5 Å². The Morgan fingerprint density at radius 1 is 1.00 bits per heavy atom. The van der Waals surface area contributed by atoms with Crippen LogP contribution in [0.4, 0.5) is 17.1 Å². The van der Waals surface area contributed by atoms with Crippen molar-refractivity contribution in [2.45, 2.75) is 26.3 Å². The largest absolute Gasteiger partial charge is 0.378 e. The number of anilines is 3. The molecule has 0 radical (unpaired) electrons. The molecule has 1 aliphatic heterocycles. The van der Waals surface area contributed by atoms with Gasteiger partial charge in [-0.3, -0.25) is 9.69 Å². The molecule has 0 atom stereocenters. The molecule has 2 aromatic carbocycles. The van der Waals surface area contributed by atoms with Gasteiger partial charge in [-0.1, -0.05) is 19.1 Å². The molecule has 0 aromatic heterocycles. The third kappa shape index (κ3) is 5.49. The van der Waals surface area contributed by atoms with Gasteiger partial charge in [-0.15, -0.1) is 0 Å². The highest BCUT2D eigenvalue weighted by atomic mass is 16.2. The lowest BCUT2D eigenvalue weighted by atomic mass is 10.2. The summed E-state index contributed by atoms with van der Waals surface area (Å²) in [5.41, 5.74) is 4.50. The summed E-state index contributed by atoms with van der Waals surface area (Å²) in [6.07, 6.45) is 2.53. The Morgan fingerprint density at radius 3 is 2.21 bits per heavy atom. The molecule has 1 N–H and O–H groups in total. The molecule has 5 nitrogen and oxygen atoms in total. The minimum absolute atomic E-state index is 0.0284. The molecule has 1 aliphatic rings. The van der Waals surface area contributed by atoms with Gasteiger partial charge in [0.2, 0.25) is 5.91 Å². The first-order valence-electron chi connectivity index (χ1n) is 10.2. The summed E-state index contributed by atoms with van der Waals surface area (Å²) < 4.78 is 0. The van der Waals surface area contributed by atoms with Crippen LogP contribution < -0.4 is 15.1 Å². The van der Waals surface area contributed by atoms with Crippen LogP contribution in [0.2, 0.25) is 0 Å². The van der Waals surface area contributed by atoms with Gasteiger partial charge in [0.15, 0.2) is 0 Å². The second-order valence-corrected chi connectivity index (χ2v) is 7.65. The van der Waals surface area contributed by atoms with Crippen molar-refractivity contribution in [1.29, 1.82) is 0 Å². The number of carbonyl (C=O) groups is 1. The molecule has 5 heteroatoms. The highest BCUT2D eigenvalue weighted by molar-refractivity contribution is 5.92. The Hall–Kier alpha value is -2.53. The van der Waals surface area contributed by atoms with Gasteiger partial charge in [0.1, 0.15) is 0 Å². The Kier molecular flexibility index (Phi) is 6.93. The minimum atomic E-state index is 0.0284. The maximum atomic E-state index is 12.5. The molecule has 1 saturated heterocycles. The molecule has 0 unspecified atom stereocenters. The summed E-state index contributed by atoms with van der Waals surface area (Å²) in [6.45, 7) is 6.34. The molecule has 0 aliphatic carbocycles. The highest BCUT2D eigenvalue weighted by Gasteiger charge is 2.13. The average molecular weight is 381 g/mol. The monoisotopic (exact) mass is 380 g/mol. The predicted octanol–water partition coefficient (Wildman–Crippen LogP) is 3.81. The number of nitrogens with zero attached hydrogens (tertiary/aromatic N) is 3. The molecular formula is C23H32N4O. The van der Waals surface area contributed by atoms with Crippen LogP contribution in [0, 0.1) is 0 Å². The topological polar surface area (TPSA) is 38.8 Å². The van der Waals surface area contributed by atoms with E-state index in [2.05, 4.69) is 63.3 Å². The van der Waals surface area contributed by atoms with Gasteiger partial charge < -0.3 is 15.1 Å². The lowest BCUT2D eigenvalue weighted by Gasteiger charge is -2.21. The first kappa shape index (κ1) is 20.2. The van der Waals surface area contributed by atoms with E-state index in [0.717, 1.165) is 31.9 Å². The van der Waals surface area contributed by atoms with Crippen molar-refractivity contribution in [3.8, 4) is 0 Å². The molecule has 0 bridgehead atoms. The van der Waals surface area contributed by atoms with E-state index in [-0.39, 0.29) is 5.91 Å². The van der Waals surface area contributed by atoms with Crippen molar-refractivity contribution in [1.82, 2.24) is 4.90 Å². The highest BCUT2D eigenvalue weighted by Crippen LogP contribution is 2.22. The number of hydrogen-bond acceptors (Lipinski definition) is 4. The summed E-state index contributed by atoms with van der Waals surface area (Å²) in [7, 11) is 4.07. The van der Waals surface area contributed by atoms with E-state index < -0.39 is 0 Å². The number of carbonyl (C=O) groups excluding carboxylic acids is 1. The summed E-state index contributed by atoms with van der Waals surface area (Å²) >= 11 is 0. The molecule has 2 aromatic rings. The van der Waals surface area contributed by atoms with Crippen molar-refractivity contribution in [3.05, 3.63) is 54.1 Å². The number of hydrogen-bond donors (Lipinski definition) is 1. The average Bonchev–Trinajstić information content (AvgIpc) is 3.23. The zero-order valence-electron chi connectivity index (χ0n) is 17.3. The zero-order chi connectivity index (χ0) is 19.9. The maximum absolute atomic E-state index is 12.5. The van der Waals surface area contributed by atoms with Crippen LogP contribution in [0.25, 0.3) is 0 Å². The SMILES string of the molecule is CCN(CC(=O)Nc1ccc(N2CCCC2)cc1)Cc1ccc(N(C)C)cc1. The van der Waals surface area contributed by atoms with E-state index >= 15 is 0 Å². The normalized spacial score (nSPS) is 13.8. The minimum Gasteiger partial charge on any atom is -0.378 e. The van der Waals surface area contributed by atoms with Gasteiger partial charge in [0, 0.05) is 50.8 Å². The second kappa shape index (κ2) is 9.60. The van der Waals surface area contributed by atoms with E-state index in [1.807, 2.05) is 26.2 Å². The van der Waals surface area contributed by atoms with Crippen molar-refractivity contribution in [2.24, 2.45) is 0 Å². The van der Waals surface area contributed by atoms with Gasteiger partial charge in [0.25, 0.3) is 0 Å². The number of amides is 1.